The van der Waals surface area contributed by atoms with E-state index in [0.29, 0.717) is 11.6 Å². The van der Waals surface area contributed by atoms with Crippen molar-refractivity contribution in [3.8, 4) is 0 Å². The lowest BCUT2D eigenvalue weighted by Gasteiger charge is -2.34. The lowest BCUT2D eigenvalue weighted by atomic mass is 10.0. The number of hydrogen-bond donors (Lipinski definition) is 2. The molecule has 0 saturated carbocycles. The SMILES string of the molecule is CC(C)c1ccc(NC(=O)N(CC(=O)O)C(C)(C)C)cc1. The average Bonchev–Trinajstić information content (AvgIpc) is 2.35. The summed E-state index contributed by atoms with van der Waals surface area (Å²) in [5.74, 6) is -0.608. The summed E-state index contributed by atoms with van der Waals surface area (Å²) in [5.41, 5.74) is 1.27. The summed E-state index contributed by atoms with van der Waals surface area (Å²) < 4.78 is 0. The first kappa shape index (κ1) is 17.0. The average molecular weight is 292 g/mol. The van der Waals surface area contributed by atoms with Crippen molar-refractivity contribution in [1.82, 2.24) is 4.90 Å². The highest BCUT2D eigenvalue weighted by Crippen LogP contribution is 2.19. The lowest BCUT2D eigenvalue weighted by Crippen LogP contribution is -2.50. The predicted molar refractivity (Wildman–Crippen MR) is 83.6 cm³/mol. The molecule has 0 spiro atoms. The highest BCUT2D eigenvalue weighted by molar-refractivity contribution is 5.91. The van der Waals surface area contributed by atoms with E-state index >= 15 is 0 Å². The molecule has 0 aliphatic carbocycles. The van der Waals surface area contributed by atoms with Crippen molar-refractivity contribution in [3.63, 3.8) is 0 Å². The Bertz CT molecular complexity index is 501. The number of nitrogens with one attached hydrogen (secondary N) is 1. The number of benzene rings is 1. The zero-order chi connectivity index (χ0) is 16.2. The highest BCUT2D eigenvalue weighted by Gasteiger charge is 2.28. The molecule has 0 fully saturated rings. The van der Waals surface area contributed by atoms with E-state index in [1.807, 2.05) is 24.3 Å². The van der Waals surface area contributed by atoms with Crippen molar-refractivity contribution in [2.75, 3.05) is 11.9 Å². The van der Waals surface area contributed by atoms with Crippen LogP contribution in [0, 0.1) is 0 Å². The topological polar surface area (TPSA) is 69.6 Å². The summed E-state index contributed by atoms with van der Waals surface area (Å²) in [6, 6.07) is 7.16. The minimum absolute atomic E-state index is 0.334. The standard InChI is InChI=1S/C16H24N2O3/c1-11(2)12-6-8-13(9-7-12)17-15(21)18(10-14(19)20)16(3,4)5/h6-9,11H,10H2,1-5H3,(H,17,21)(H,19,20). The molecule has 21 heavy (non-hydrogen) atoms. The molecule has 0 saturated heterocycles. The van der Waals surface area contributed by atoms with Gasteiger partial charge in [-0.05, 0) is 44.4 Å². The van der Waals surface area contributed by atoms with Crippen LogP contribution in [-0.2, 0) is 4.79 Å². The second kappa shape index (κ2) is 6.61. The molecule has 5 heteroatoms. The fourth-order valence-corrected chi connectivity index (χ4v) is 1.89. The largest absolute Gasteiger partial charge is 0.480 e. The fraction of sp³-hybridized carbons (Fsp3) is 0.500. The van der Waals surface area contributed by atoms with E-state index in [9.17, 15) is 9.59 Å². The molecule has 0 heterocycles. The Morgan fingerprint density at radius 3 is 2.10 bits per heavy atom. The van der Waals surface area contributed by atoms with Crippen LogP contribution in [0.4, 0.5) is 10.5 Å². The van der Waals surface area contributed by atoms with Gasteiger partial charge in [-0.1, -0.05) is 26.0 Å². The van der Waals surface area contributed by atoms with Crippen LogP contribution in [0.3, 0.4) is 0 Å². The van der Waals surface area contributed by atoms with Crippen molar-refractivity contribution in [2.45, 2.75) is 46.1 Å². The molecular formula is C16H24N2O3. The maximum atomic E-state index is 12.3. The van der Waals surface area contributed by atoms with Crippen LogP contribution in [0.25, 0.3) is 0 Å². The maximum absolute atomic E-state index is 12.3. The van der Waals surface area contributed by atoms with Crippen molar-refractivity contribution in [3.05, 3.63) is 29.8 Å². The Hall–Kier alpha value is -2.04. The Morgan fingerprint density at radius 2 is 1.71 bits per heavy atom. The second-order valence-corrected chi connectivity index (χ2v) is 6.36. The summed E-state index contributed by atoms with van der Waals surface area (Å²) in [4.78, 5) is 24.5. The number of anilines is 1. The molecule has 1 rings (SSSR count). The van der Waals surface area contributed by atoms with Gasteiger partial charge in [-0.2, -0.15) is 0 Å². The molecule has 0 aliphatic rings. The van der Waals surface area contributed by atoms with Gasteiger partial charge in [0.2, 0.25) is 0 Å². The van der Waals surface area contributed by atoms with Crippen molar-refractivity contribution in [1.29, 1.82) is 0 Å². The molecule has 2 N–H and O–H groups in total. The van der Waals surface area contributed by atoms with E-state index in [4.69, 9.17) is 5.11 Å². The first-order valence-corrected chi connectivity index (χ1v) is 7.01. The van der Waals surface area contributed by atoms with Crippen LogP contribution in [0.5, 0.6) is 0 Å². The maximum Gasteiger partial charge on any atom is 0.323 e. The summed E-state index contributed by atoms with van der Waals surface area (Å²) in [6.07, 6.45) is 0. The van der Waals surface area contributed by atoms with E-state index in [0.717, 1.165) is 0 Å². The minimum atomic E-state index is -1.03. The Morgan fingerprint density at radius 1 is 1.19 bits per heavy atom. The van der Waals surface area contributed by atoms with E-state index in [2.05, 4.69) is 19.2 Å². The number of carboxylic acid groups (broad SMARTS) is 1. The van der Waals surface area contributed by atoms with Gasteiger partial charge in [-0.15, -0.1) is 0 Å². The van der Waals surface area contributed by atoms with Crippen molar-refractivity contribution >= 4 is 17.7 Å². The van der Waals surface area contributed by atoms with Gasteiger partial charge >= 0.3 is 12.0 Å². The number of amides is 2. The molecular weight excluding hydrogens is 268 g/mol. The molecule has 0 radical (unpaired) electrons. The fourth-order valence-electron chi connectivity index (χ4n) is 1.89. The molecule has 0 atom stereocenters. The third-order valence-electron chi connectivity index (χ3n) is 3.18. The van der Waals surface area contributed by atoms with Crippen molar-refractivity contribution < 1.29 is 14.7 Å². The third-order valence-corrected chi connectivity index (χ3v) is 3.18. The quantitative estimate of drug-likeness (QED) is 0.892. The number of rotatable bonds is 4. The number of aliphatic carboxylic acids is 1. The van der Waals surface area contributed by atoms with Crippen LogP contribution < -0.4 is 5.32 Å². The van der Waals surface area contributed by atoms with Gasteiger partial charge < -0.3 is 15.3 Å². The molecule has 0 bridgehead atoms. The smallest absolute Gasteiger partial charge is 0.323 e. The van der Waals surface area contributed by atoms with Crippen LogP contribution in [-0.4, -0.2) is 34.1 Å². The third kappa shape index (κ3) is 5.10. The number of urea groups is 1. The highest BCUT2D eigenvalue weighted by atomic mass is 16.4. The Kier molecular flexibility index (Phi) is 5.35. The number of nitrogens with zero attached hydrogens (tertiary/aromatic N) is 1. The van der Waals surface area contributed by atoms with Gasteiger partial charge in [0, 0.05) is 11.2 Å². The number of carbonyl (C=O) groups excluding carboxylic acids is 1. The molecule has 1 aromatic rings. The molecule has 5 nitrogen and oxygen atoms in total. The van der Waals surface area contributed by atoms with Gasteiger partial charge in [0.25, 0.3) is 0 Å². The summed E-state index contributed by atoms with van der Waals surface area (Å²) in [7, 11) is 0. The molecule has 1 aromatic carbocycles. The number of carbonyl (C=O) groups is 2. The van der Waals surface area contributed by atoms with E-state index in [1.54, 1.807) is 20.8 Å². The lowest BCUT2D eigenvalue weighted by molar-refractivity contribution is -0.138. The minimum Gasteiger partial charge on any atom is -0.480 e. The molecule has 0 aliphatic heterocycles. The van der Waals surface area contributed by atoms with E-state index < -0.39 is 17.5 Å². The van der Waals surface area contributed by atoms with E-state index in [-0.39, 0.29) is 6.54 Å². The number of hydrogen-bond acceptors (Lipinski definition) is 2. The molecule has 0 unspecified atom stereocenters. The summed E-state index contributed by atoms with van der Waals surface area (Å²) in [6.45, 7) is 9.27. The Labute approximate surface area is 126 Å². The zero-order valence-electron chi connectivity index (χ0n) is 13.3. The van der Waals surface area contributed by atoms with Gasteiger partial charge in [0.15, 0.2) is 0 Å². The van der Waals surface area contributed by atoms with Gasteiger partial charge in [0.1, 0.15) is 6.54 Å². The van der Waals surface area contributed by atoms with Crippen LogP contribution >= 0.6 is 0 Å². The first-order chi connectivity index (χ1) is 9.61. The monoisotopic (exact) mass is 292 g/mol. The zero-order valence-corrected chi connectivity index (χ0v) is 13.3. The molecule has 2 amide bonds. The van der Waals surface area contributed by atoms with E-state index in [1.165, 1.54) is 10.5 Å². The molecule has 0 aromatic heterocycles. The number of carboxylic acids is 1. The first-order valence-electron chi connectivity index (χ1n) is 7.01. The van der Waals surface area contributed by atoms with Gasteiger partial charge in [-0.25, -0.2) is 4.79 Å². The normalized spacial score (nSPS) is 11.3. The van der Waals surface area contributed by atoms with Crippen LogP contribution in [0.1, 0.15) is 46.1 Å². The Balaban J connectivity index is 2.84. The van der Waals surface area contributed by atoms with Crippen molar-refractivity contribution in [2.24, 2.45) is 0 Å². The summed E-state index contributed by atoms with van der Waals surface area (Å²) in [5, 5.41) is 11.7. The predicted octanol–water partition coefficient (Wildman–Crippen LogP) is 3.53. The van der Waals surface area contributed by atoms with Gasteiger partial charge in [0.05, 0.1) is 0 Å². The molecule has 116 valence electrons. The van der Waals surface area contributed by atoms with Crippen LogP contribution in [0.15, 0.2) is 24.3 Å². The second-order valence-electron chi connectivity index (χ2n) is 6.36. The van der Waals surface area contributed by atoms with Gasteiger partial charge in [-0.3, -0.25) is 4.79 Å². The van der Waals surface area contributed by atoms with Crippen LogP contribution in [0.2, 0.25) is 0 Å². The summed E-state index contributed by atoms with van der Waals surface area (Å²) >= 11 is 0.